The highest BCUT2D eigenvalue weighted by Crippen LogP contribution is 2.31. The Hall–Kier alpha value is -2.90. The van der Waals surface area contributed by atoms with Crippen molar-refractivity contribution in [2.75, 3.05) is 19.0 Å². The van der Waals surface area contributed by atoms with E-state index < -0.39 is 6.04 Å². The summed E-state index contributed by atoms with van der Waals surface area (Å²) in [7, 11) is 1.53. The number of carbonyl (C=O) groups excluding carboxylic acids is 2. The van der Waals surface area contributed by atoms with Gasteiger partial charge in [0.05, 0.1) is 12.8 Å². The summed E-state index contributed by atoms with van der Waals surface area (Å²) in [5, 5.41) is 10.6. The lowest BCUT2D eigenvalue weighted by Gasteiger charge is -2.23. The van der Waals surface area contributed by atoms with Gasteiger partial charge in [0.15, 0.2) is 0 Å². The molecule has 2 heterocycles. The van der Waals surface area contributed by atoms with Gasteiger partial charge in [-0.05, 0) is 31.0 Å². The molecule has 1 aliphatic rings. The number of ether oxygens (including phenoxy) is 1. The number of carbonyl (C=O) groups is 2. The van der Waals surface area contributed by atoms with Crippen molar-refractivity contribution in [3.63, 3.8) is 0 Å². The van der Waals surface area contributed by atoms with Gasteiger partial charge in [0.2, 0.25) is 23.6 Å². The number of likely N-dealkylation sites (tertiary alicyclic amines) is 1. The molecule has 2 aromatic rings. The van der Waals surface area contributed by atoms with Gasteiger partial charge in [-0.25, -0.2) is 0 Å². The lowest BCUT2D eigenvalue weighted by molar-refractivity contribution is -0.134. The fourth-order valence-electron chi connectivity index (χ4n) is 2.98. The zero-order chi connectivity index (χ0) is 18.0. The normalized spacial score (nSPS) is 16.8. The summed E-state index contributed by atoms with van der Waals surface area (Å²) in [4.78, 5) is 25.9. The number of benzene rings is 1. The molecular formula is C17H20N4O4. The van der Waals surface area contributed by atoms with Gasteiger partial charge in [-0.1, -0.05) is 0 Å². The molecule has 0 saturated carbocycles. The maximum Gasteiger partial charge on any atom is 0.247 e. The first-order valence-electron chi connectivity index (χ1n) is 8.06. The van der Waals surface area contributed by atoms with Crippen molar-refractivity contribution in [3.8, 4) is 17.2 Å². The maximum atomic E-state index is 12.6. The SMILES string of the molecule is COc1ccc(-c2nnc(C)o2)cc1NC(=O)C1CCCN1C(C)=O. The number of hydrogen-bond donors (Lipinski definition) is 1. The van der Waals surface area contributed by atoms with E-state index >= 15 is 0 Å². The van der Waals surface area contributed by atoms with Crippen LogP contribution in [0.5, 0.6) is 5.75 Å². The van der Waals surface area contributed by atoms with E-state index in [0.29, 0.717) is 41.7 Å². The number of nitrogens with one attached hydrogen (secondary N) is 1. The molecule has 0 spiro atoms. The molecule has 1 N–H and O–H groups in total. The number of rotatable bonds is 4. The summed E-state index contributed by atoms with van der Waals surface area (Å²) >= 11 is 0. The first kappa shape index (κ1) is 16.9. The molecule has 3 rings (SSSR count). The molecule has 8 heteroatoms. The number of amides is 2. The minimum Gasteiger partial charge on any atom is -0.495 e. The maximum absolute atomic E-state index is 12.6. The molecule has 0 aliphatic carbocycles. The minimum atomic E-state index is -0.462. The van der Waals surface area contributed by atoms with Crippen LogP contribution in [0.3, 0.4) is 0 Å². The summed E-state index contributed by atoms with van der Waals surface area (Å²) in [6.07, 6.45) is 1.46. The van der Waals surface area contributed by atoms with Crippen molar-refractivity contribution in [3.05, 3.63) is 24.1 Å². The Morgan fingerprint density at radius 3 is 2.80 bits per heavy atom. The number of aryl methyl sites for hydroxylation is 1. The molecule has 1 aliphatic heterocycles. The Bertz CT molecular complexity index is 802. The quantitative estimate of drug-likeness (QED) is 0.911. The zero-order valence-electron chi connectivity index (χ0n) is 14.4. The van der Waals surface area contributed by atoms with E-state index in [1.54, 1.807) is 30.0 Å². The molecule has 1 atom stereocenters. The van der Waals surface area contributed by atoms with Gasteiger partial charge >= 0.3 is 0 Å². The number of aromatic nitrogens is 2. The number of hydrogen-bond acceptors (Lipinski definition) is 6. The van der Waals surface area contributed by atoms with Crippen molar-refractivity contribution in [2.24, 2.45) is 0 Å². The van der Waals surface area contributed by atoms with Gasteiger partial charge in [-0.2, -0.15) is 0 Å². The van der Waals surface area contributed by atoms with Crippen molar-refractivity contribution < 1.29 is 18.7 Å². The minimum absolute atomic E-state index is 0.0975. The van der Waals surface area contributed by atoms with Crippen LogP contribution in [0.15, 0.2) is 22.6 Å². The third-order valence-electron chi connectivity index (χ3n) is 4.19. The fraction of sp³-hybridized carbons (Fsp3) is 0.412. The van der Waals surface area contributed by atoms with Crippen LogP contribution in [0.25, 0.3) is 11.5 Å². The Labute approximate surface area is 145 Å². The van der Waals surface area contributed by atoms with E-state index in [0.717, 1.165) is 6.42 Å². The van der Waals surface area contributed by atoms with Crippen LogP contribution in [-0.2, 0) is 9.59 Å². The summed E-state index contributed by atoms with van der Waals surface area (Å²) in [6.45, 7) is 3.79. The molecule has 132 valence electrons. The molecule has 1 aromatic heterocycles. The monoisotopic (exact) mass is 344 g/mol. The highest BCUT2D eigenvalue weighted by atomic mass is 16.5. The smallest absolute Gasteiger partial charge is 0.247 e. The van der Waals surface area contributed by atoms with Crippen LogP contribution in [0.2, 0.25) is 0 Å². The zero-order valence-corrected chi connectivity index (χ0v) is 14.4. The van der Waals surface area contributed by atoms with Crippen molar-refractivity contribution in [2.45, 2.75) is 32.7 Å². The third-order valence-corrected chi connectivity index (χ3v) is 4.19. The van der Waals surface area contributed by atoms with Gasteiger partial charge in [-0.15, -0.1) is 10.2 Å². The molecule has 1 aromatic carbocycles. The Morgan fingerprint density at radius 2 is 2.16 bits per heavy atom. The molecule has 1 unspecified atom stereocenters. The average Bonchev–Trinajstić information content (AvgIpc) is 3.23. The van der Waals surface area contributed by atoms with E-state index in [1.807, 2.05) is 0 Å². The predicted octanol–water partition coefficient (Wildman–Crippen LogP) is 2.00. The number of methoxy groups -OCH3 is 1. The molecule has 2 amide bonds. The Balaban J connectivity index is 1.85. The van der Waals surface area contributed by atoms with Crippen molar-refractivity contribution in [1.82, 2.24) is 15.1 Å². The second-order valence-electron chi connectivity index (χ2n) is 5.90. The van der Waals surface area contributed by atoms with Gasteiger partial charge in [0, 0.05) is 26.0 Å². The lowest BCUT2D eigenvalue weighted by Crippen LogP contribution is -2.42. The van der Waals surface area contributed by atoms with Gasteiger partial charge in [0.1, 0.15) is 11.8 Å². The third kappa shape index (κ3) is 3.47. The summed E-state index contributed by atoms with van der Waals surface area (Å²) in [6, 6.07) is 4.76. The van der Waals surface area contributed by atoms with E-state index in [9.17, 15) is 9.59 Å². The first-order chi connectivity index (χ1) is 12.0. The standard InChI is InChI=1S/C17H20N4O4/c1-10-19-20-17(25-10)12-6-7-15(24-3)13(9-12)18-16(23)14-5-4-8-21(14)11(2)22/h6-7,9,14H,4-5,8H2,1-3H3,(H,18,23). The molecule has 25 heavy (non-hydrogen) atoms. The summed E-state index contributed by atoms with van der Waals surface area (Å²) < 4.78 is 10.7. The lowest BCUT2D eigenvalue weighted by atomic mass is 10.1. The van der Waals surface area contributed by atoms with Crippen LogP contribution in [0.1, 0.15) is 25.7 Å². The van der Waals surface area contributed by atoms with Crippen LogP contribution in [0, 0.1) is 6.92 Å². The number of anilines is 1. The molecule has 0 bridgehead atoms. The van der Waals surface area contributed by atoms with Gasteiger partial charge in [-0.3, -0.25) is 9.59 Å². The largest absolute Gasteiger partial charge is 0.495 e. The van der Waals surface area contributed by atoms with E-state index in [4.69, 9.17) is 9.15 Å². The fourth-order valence-corrected chi connectivity index (χ4v) is 2.98. The van der Waals surface area contributed by atoms with Crippen LogP contribution < -0.4 is 10.1 Å². The predicted molar refractivity (Wildman–Crippen MR) is 90.1 cm³/mol. The Kier molecular flexibility index (Phi) is 4.69. The summed E-state index contributed by atoms with van der Waals surface area (Å²) in [5.41, 5.74) is 1.17. The Morgan fingerprint density at radius 1 is 1.36 bits per heavy atom. The van der Waals surface area contributed by atoms with E-state index in [1.165, 1.54) is 14.0 Å². The highest BCUT2D eigenvalue weighted by molar-refractivity contribution is 5.98. The first-order valence-corrected chi connectivity index (χ1v) is 8.06. The van der Waals surface area contributed by atoms with Crippen molar-refractivity contribution >= 4 is 17.5 Å². The highest BCUT2D eigenvalue weighted by Gasteiger charge is 2.32. The van der Waals surface area contributed by atoms with Crippen LogP contribution in [0.4, 0.5) is 5.69 Å². The summed E-state index contributed by atoms with van der Waals surface area (Å²) in [5.74, 6) is 1.01. The molecule has 0 radical (unpaired) electrons. The average molecular weight is 344 g/mol. The second-order valence-corrected chi connectivity index (χ2v) is 5.90. The van der Waals surface area contributed by atoms with Crippen LogP contribution >= 0.6 is 0 Å². The second kappa shape index (κ2) is 6.92. The van der Waals surface area contributed by atoms with Gasteiger partial charge in [0.25, 0.3) is 0 Å². The molecular weight excluding hydrogens is 324 g/mol. The van der Waals surface area contributed by atoms with E-state index in [-0.39, 0.29) is 11.8 Å². The van der Waals surface area contributed by atoms with E-state index in [2.05, 4.69) is 15.5 Å². The topological polar surface area (TPSA) is 97.6 Å². The molecule has 8 nitrogen and oxygen atoms in total. The molecule has 1 fully saturated rings. The molecule has 1 saturated heterocycles. The van der Waals surface area contributed by atoms with Crippen molar-refractivity contribution in [1.29, 1.82) is 0 Å². The van der Waals surface area contributed by atoms with Gasteiger partial charge < -0.3 is 19.4 Å². The number of nitrogens with zero attached hydrogens (tertiary/aromatic N) is 3. The van der Waals surface area contributed by atoms with Crippen LogP contribution in [-0.4, -0.2) is 46.6 Å².